The van der Waals surface area contributed by atoms with Gasteiger partial charge in [0.2, 0.25) is 0 Å². The summed E-state index contributed by atoms with van der Waals surface area (Å²) in [6.07, 6.45) is 3.83. The second kappa shape index (κ2) is 6.98. The van der Waals surface area contributed by atoms with Gasteiger partial charge < -0.3 is 10.0 Å². The van der Waals surface area contributed by atoms with Gasteiger partial charge in [-0.15, -0.1) is 0 Å². The molecule has 1 fully saturated rings. The highest BCUT2D eigenvalue weighted by Gasteiger charge is 2.36. The van der Waals surface area contributed by atoms with Crippen LogP contribution in [0.25, 0.3) is 0 Å². The molecule has 1 N–H and O–H groups in total. The Morgan fingerprint density at radius 3 is 2.79 bits per heavy atom. The molecule has 1 aliphatic heterocycles. The van der Waals surface area contributed by atoms with E-state index >= 15 is 0 Å². The largest absolute Gasteiger partial charge is 0.396 e. The number of rotatable bonds is 4. The predicted octanol–water partition coefficient (Wildman–Crippen LogP) is 2.91. The first-order chi connectivity index (χ1) is 11.7. The summed E-state index contributed by atoms with van der Waals surface area (Å²) in [5, 5.41) is 18.9. The molecule has 0 saturated carbocycles. The van der Waals surface area contributed by atoms with Crippen molar-refractivity contribution in [3.8, 4) is 6.07 Å². The first-order valence-corrected chi connectivity index (χ1v) is 8.11. The lowest BCUT2D eigenvalue weighted by Gasteiger charge is -2.42. The van der Waals surface area contributed by atoms with Crippen molar-refractivity contribution in [1.29, 1.82) is 5.26 Å². The summed E-state index contributed by atoms with van der Waals surface area (Å²) in [5.74, 6) is 0.569. The molecule has 1 saturated heterocycles. The van der Waals surface area contributed by atoms with Gasteiger partial charge in [-0.25, -0.2) is 9.37 Å². The van der Waals surface area contributed by atoms with Crippen LogP contribution in [0.5, 0.6) is 0 Å². The van der Waals surface area contributed by atoms with Crippen molar-refractivity contribution < 1.29 is 9.50 Å². The van der Waals surface area contributed by atoms with Gasteiger partial charge in [0.15, 0.2) is 0 Å². The molecule has 0 aliphatic carbocycles. The van der Waals surface area contributed by atoms with E-state index in [2.05, 4.69) is 16.0 Å². The Morgan fingerprint density at radius 2 is 2.12 bits per heavy atom. The number of aliphatic hydroxyl groups is 1. The van der Waals surface area contributed by atoms with Gasteiger partial charge in [-0.05, 0) is 43.0 Å². The highest BCUT2D eigenvalue weighted by Crippen LogP contribution is 2.35. The molecule has 24 heavy (non-hydrogen) atoms. The minimum absolute atomic E-state index is 0.00805. The molecule has 5 heteroatoms. The molecule has 0 amide bonds. The molecule has 4 nitrogen and oxygen atoms in total. The van der Waals surface area contributed by atoms with Crippen molar-refractivity contribution in [3.63, 3.8) is 0 Å². The van der Waals surface area contributed by atoms with Crippen LogP contribution < -0.4 is 4.90 Å². The van der Waals surface area contributed by atoms with E-state index in [0.29, 0.717) is 24.1 Å². The van der Waals surface area contributed by atoms with Gasteiger partial charge in [0.25, 0.3) is 0 Å². The molecule has 0 radical (unpaired) electrons. The van der Waals surface area contributed by atoms with Crippen LogP contribution in [0.3, 0.4) is 0 Å². The summed E-state index contributed by atoms with van der Waals surface area (Å²) in [7, 11) is 0. The summed E-state index contributed by atoms with van der Waals surface area (Å²) in [6.45, 7) is 1.47. The summed E-state index contributed by atoms with van der Waals surface area (Å²) in [6, 6.07) is 12.4. The summed E-state index contributed by atoms with van der Waals surface area (Å²) < 4.78 is 14.0. The fourth-order valence-electron chi connectivity index (χ4n) is 3.42. The quantitative estimate of drug-likeness (QED) is 0.939. The standard InChI is InChI=1S/C19H20FN3O/c20-17-5-2-1-4-16(17)10-19(14-24)8-3-9-23(13-19)18-7-6-15(11-21)12-22-18/h1-2,4-7,12,24H,3,8-10,13-14H2/t19-/m1/s1. The Hall–Kier alpha value is -2.45. The van der Waals surface area contributed by atoms with E-state index in [1.165, 1.54) is 6.07 Å². The third-order valence-corrected chi connectivity index (χ3v) is 4.72. The molecule has 1 aromatic carbocycles. The van der Waals surface area contributed by atoms with E-state index in [1.807, 2.05) is 12.1 Å². The van der Waals surface area contributed by atoms with Crippen LogP contribution in [0.2, 0.25) is 0 Å². The van der Waals surface area contributed by atoms with Gasteiger partial charge in [-0.1, -0.05) is 18.2 Å². The van der Waals surface area contributed by atoms with Crippen LogP contribution in [-0.4, -0.2) is 29.8 Å². The van der Waals surface area contributed by atoms with Crippen LogP contribution in [0.15, 0.2) is 42.6 Å². The SMILES string of the molecule is N#Cc1ccc(N2CCC[C@@](CO)(Cc3ccccc3F)C2)nc1. The average molecular weight is 325 g/mol. The molecule has 0 bridgehead atoms. The van der Waals surface area contributed by atoms with Crippen molar-refractivity contribution in [2.45, 2.75) is 19.3 Å². The van der Waals surface area contributed by atoms with E-state index in [4.69, 9.17) is 5.26 Å². The molecule has 1 aromatic heterocycles. The van der Waals surface area contributed by atoms with E-state index < -0.39 is 0 Å². The van der Waals surface area contributed by atoms with Crippen molar-refractivity contribution in [2.24, 2.45) is 5.41 Å². The molecular formula is C19H20FN3O. The Balaban J connectivity index is 1.81. The molecule has 0 spiro atoms. The maximum absolute atomic E-state index is 14.0. The zero-order valence-electron chi connectivity index (χ0n) is 13.5. The highest BCUT2D eigenvalue weighted by atomic mass is 19.1. The van der Waals surface area contributed by atoms with Gasteiger partial charge in [-0.2, -0.15) is 5.26 Å². The fraction of sp³-hybridized carbons (Fsp3) is 0.368. The molecule has 1 atom stereocenters. The van der Waals surface area contributed by atoms with Crippen molar-refractivity contribution in [3.05, 3.63) is 59.5 Å². The zero-order chi connectivity index (χ0) is 17.0. The molecule has 2 heterocycles. The number of pyridine rings is 1. The second-order valence-corrected chi connectivity index (χ2v) is 6.47. The van der Waals surface area contributed by atoms with Crippen LogP contribution >= 0.6 is 0 Å². The Labute approximate surface area is 141 Å². The maximum Gasteiger partial charge on any atom is 0.128 e. The lowest BCUT2D eigenvalue weighted by atomic mass is 9.75. The van der Waals surface area contributed by atoms with Crippen molar-refractivity contribution >= 4 is 5.82 Å². The smallest absolute Gasteiger partial charge is 0.128 e. The zero-order valence-corrected chi connectivity index (χ0v) is 13.5. The average Bonchev–Trinajstić information content (AvgIpc) is 2.64. The Kier molecular flexibility index (Phi) is 4.77. The van der Waals surface area contributed by atoms with Crippen LogP contribution in [0, 0.1) is 22.6 Å². The molecule has 2 aromatic rings. The summed E-state index contributed by atoms with van der Waals surface area (Å²) in [4.78, 5) is 6.46. The maximum atomic E-state index is 14.0. The minimum atomic E-state index is -0.379. The van der Waals surface area contributed by atoms with Crippen molar-refractivity contribution in [2.75, 3.05) is 24.6 Å². The van der Waals surface area contributed by atoms with Crippen molar-refractivity contribution in [1.82, 2.24) is 4.98 Å². The van der Waals surface area contributed by atoms with Gasteiger partial charge in [0.1, 0.15) is 17.7 Å². The fourth-order valence-corrected chi connectivity index (χ4v) is 3.42. The number of anilines is 1. The monoisotopic (exact) mass is 325 g/mol. The number of aliphatic hydroxyl groups excluding tert-OH is 1. The number of piperidine rings is 1. The number of nitrogens with zero attached hydrogens (tertiary/aromatic N) is 3. The van der Waals surface area contributed by atoms with E-state index in [-0.39, 0.29) is 17.8 Å². The first kappa shape index (κ1) is 16.4. The van der Waals surface area contributed by atoms with E-state index in [0.717, 1.165) is 25.2 Å². The van der Waals surface area contributed by atoms with Gasteiger partial charge in [0, 0.05) is 24.7 Å². The number of hydrogen-bond donors (Lipinski definition) is 1. The second-order valence-electron chi connectivity index (χ2n) is 6.47. The topological polar surface area (TPSA) is 60.2 Å². The van der Waals surface area contributed by atoms with E-state index in [1.54, 1.807) is 24.4 Å². The number of aromatic nitrogens is 1. The molecule has 124 valence electrons. The lowest BCUT2D eigenvalue weighted by Crippen LogP contribution is -2.47. The summed E-state index contributed by atoms with van der Waals surface area (Å²) in [5.41, 5.74) is 0.785. The predicted molar refractivity (Wildman–Crippen MR) is 90.0 cm³/mol. The molecule has 0 unspecified atom stereocenters. The van der Waals surface area contributed by atoms with Crippen LogP contribution in [0.4, 0.5) is 10.2 Å². The first-order valence-electron chi connectivity index (χ1n) is 8.11. The third kappa shape index (κ3) is 3.39. The number of halogens is 1. The minimum Gasteiger partial charge on any atom is -0.396 e. The van der Waals surface area contributed by atoms with Gasteiger partial charge in [0.05, 0.1) is 12.2 Å². The molecule has 3 rings (SSSR count). The van der Waals surface area contributed by atoms with Gasteiger partial charge in [-0.3, -0.25) is 0 Å². The number of hydrogen-bond acceptors (Lipinski definition) is 4. The lowest BCUT2D eigenvalue weighted by molar-refractivity contribution is 0.104. The Morgan fingerprint density at radius 1 is 1.29 bits per heavy atom. The summed E-state index contributed by atoms with van der Waals surface area (Å²) >= 11 is 0. The normalized spacial score (nSPS) is 20.6. The number of nitriles is 1. The van der Waals surface area contributed by atoms with Crippen LogP contribution in [-0.2, 0) is 6.42 Å². The molecular weight excluding hydrogens is 305 g/mol. The highest BCUT2D eigenvalue weighted by molar-refractivity contribution is 5.43. The van der Waals surface area contributed by atoms with Gasteiger partial charge >= 0.3 is 0 Å². The van der Waals surface area contributed by atoms with E-state index in [9.17, 15) is 9.50 Å². The Bertz CT molecular complexity index is 741. The molecule has 1 aliphatic rings. The number of benzene rings is 1. The van der Waals surface area contributed by atoms with Crippen LogP contribution in [0.1, 0.15) is 24.0 Å². The third-order valence-electron chi connectivity index (χ3n) is 4.72.